The predicted molar refractivity (Wildman–Crippen MR) is 103 cm³/mol. The molecule has 144 valence electrons. The first-order valence-corrected chi connectivity index (χ1v) is 9.10. The number of carbonyl (C=O) groups is 1. The lowest BCUT2D eigenvalue weighted by Gasteiger charge is -2.28. The molecule has 1 N–H and O–H groups in total. The number of hydrogen-bond donors (Lipinski definition) is 1. The molecule has 0 spiro atoms. The summed E-state index contributed by atoms with van der Waals surface area (Å²) >= 11 is 0. The van der Waals surface area contributed by atoms with Crippen LogP contribution in [0.1, 0.15) is 11.1 Å². The first-order valence-electron chi connectivity index (χ1n) is 9.10. The smallest absolute Gasteiger partial charge is 0.317 e. The molecule has 0 saturated carbocycles. The Kier molecular flexibility index (Phi) is 4.86. The Labute approximate surface area is 161 Å². The number of carbonyl (C=O) groups excluding carboxylic acids is 1. The average molecular weight is 382 g/mol. The third-order valence-electron chi connectivity index (χ3n) is 4.94. The number of amides is 2. The monoisotopic (exact) mass is 382 g/mol. The van der Waals surface area contributed by atoms with Crippen molar-refractivity contribution in [3.05, 3.63) is 77.4 Å². The lowest BCUT2D eigenvalue weighted by molar-refractivity contribution is 0.185. The number of fused-ring (bicyclic) bond motifs is 2. The zero-order valence-corrected chi connectivity index (χ0v) is 15.4. The van der Waals surface area contributed by atoms with Crippen molar-refractivity contribution in [2.45, 2.75) is 19.0 Å². The molecular formula is C22H20F2N2O2. The van der Waals surface area contributed by atoms with Gasteiger partial charge >= 0.3 is 6.03 Å². The first-order chi connectivity index (χ1) is 13.5. The lowest BCUT2D eigenvalue weighted by atomic mass is 10.0. The van der Waals surface area contributed by atoms with Crippen molar-refractivity contribution >= 4 is 16.8 Å². The maximum absolute atomic E-state index is 13.8. The molecule has 0 aromatic heterocycles. The van der Waals surface area contributed by atoms with Crippen LogP contribution in [-0.4, -0.2) is 30.6 Å². The number of benzene rings is 3. The van der Waals surface area contributed by atoms with Crippen LogP contribution in [0.15, 0.2) is 54.6 Å². The van der Waals surface area contributed by atoms with Crippen molar-refractivity contribution in [3.8, 4) is 5.75 Å². The SMILES string of the molecule is CN(Cc1cccc2ccccc12)C(=O)NC1COc2c(F)cc(F)cc2C1. The molecule has 0 bridgehead atoms. The Morgan fingerprint density at radius 2 is 1.96 bits per heavy atom. The second kappa shape index (κ2) is 7.46. The number of nitrogens with zero attached hydrogens (tertiary/aromatic N) is 1. The van der Waals surface area contributed by atoms with E-state index >= 15 is 0 Å². The van der Waals surface area contributed by atoms with Crippen LogP contribution in [0.2, 0.25) is 0 Å². The van der Waals surface area contributed by atoms with Gasteiger partial charge in [-0.15, -0.1) is 0 Å². The zero-order valence-electron chi connectivity index (χ0n) is 15.4. The number of ether oxygens (including phenoxy) is 1. The average Bonchev–Trinajstić information content (AvgIpc) is 2.67. The van der Waals surface area contributed by atoms with Crippen molar-refractivity contribution in [1.82, 2.24) is 10.2 Å². The van der Waals surface area contributed by atoms with Gasteiger partial charge in [-0.25, -0.2) is 13.6 Å². The molecule has 0 saturated heterocycles. The van der Waals surface area contributed by atoms with E-state index in [9.17, 15) is 13.6 Å². The highest BCUT2D eigenvalue weighted by molar-refractivity contribution is 5.86. The maximum atomic E-state index is 13.8. The molecule has 4 nitrogen and oxygen atoms in total. The van der Waals surface area contributed by atoms with E-state index in [4.69, 9.17) is 4.74 Å². The molecule has 1 atom stereocenters. The molecule has 0 fully saturated rings. The van der Waals surface area contributed by atoms with Gasteiger partial charge in [0.05, 0.1) is 6.04 Å². The summed E-state index contributed by atoms with van der Waals surface area (Å²) in [6.45, 7) is 0.587. The van der Waals surface area contributed by atoms with E-state index in [0.717, 1.165) is 22.4 Å². The normalized spacial score (nSPS) is 15.6. The van der Waals surface area contributed by atoms with E-state index in [0.29, 0.717) is 18.5 Å². The molecule has 1 aliphatic rings. The van der Waals surface area contributed by atoms with Gasteiger partial charge in [0.15, 0.2) is 11.6 Å². The third kappa shape index (κ3) is 3.63. The van der Waals surface area contributed by atoms with Gasteiger partial charge in [0.1, 0.15) is 12.4 Å². The summed E-state index contributed by atoms with van der Waals surface area (Å²) in [5.41, 5.74) is 1.47. The largest absolute Gasteiger partial charge is 0.488 e. The maximum Gasteiger partial charge on any atom is 0.317 e. The second-order valence-corrected chi connectivity index (χ2v) is 7.03. The summed E-state index contributed by atoms with van der Waals surface area (Å²) in [5, 5.41) is 5.11. The Morgan fingerprint density at radius 3 is 2.82 bits per heavy atom. The van der Waals surface area contributed by atoms with Crippen LogP contribution in [-0.2, 0) is 13.0 Å². The molecule has 4 rings (SSSR count). The Hall–Kier alpha value is -3.15. The van der Waals surface area contributed by atoms with Gasteiger partial charge in [-0.1, -0.05) is 42.5 Å². The van der Waals surface area contributed by atoms with Gasteiger partial charge < -0.3 is 15.0 Å². The number of nitrogens with one attached hydrogen (secondary N) is 1. The fraction of sp³-hybridized carbons (Fsp3) is 0.227. The molecule has 0 aliphatic carbocycles. The standard InChI is InChI=1S/C22H20F2N2O2/c1-26(12-15-7-4-6-14-5-2-3-8-19(14)15)22(27)25-18-10-16-9-17(23)11-20(24)21(16)28-13-18/h2-9,11,18H,10,12-13H2,1H3,(H,25,27). The highest BCUT2D eigenvalue weighted by Gasteiger charge is 2.25. The van der Waals surface area contributed by atoms with Crippen LogP contribution in [0.25, 0.3) is 10.8 Å². The summed E-state index contributed by atoms with van der Waals surface area (Å²) in [6, 6.07) is 15.5. The van der Waals surface area contributed by atoms with Crippen LogP contribution in [0.5, 0.6) is 5.75 Å². The van der Waals surface area contributed by atoms with Gasteiger partial charge in [-0.05, 0) is 28.8 Å². The van der Waals surface area contributed by atoms with Crippen LogP contribution >= 0.6 is 0 Å². The molecule has 0 radical (unpaired) electrons. The number of halogens is 2. The lowest BCUT2D eigenvalue weighted by Crippen LogP contribution is -2.47. The number of hydrogen-bond acceptors (Lipinski definition) is 2. The molecule has 3 aromatic carbocycles. The van der Waals surface area contributed by atoms with Gasteiger partial charge in [0, 0.05) is 25.2 Å². The van der Waals surface area contributed by atoms with E-state index in [1.807, 2.05) is 42.5 Å². The highest BCUT2D eigenvalue weighted by Crippen LogP contribution is 2.29. The molecule has 2 amide bonds. The molecule has 28 heavy (non-hydrogen) atoms. The van der Waals surface area contributed by atoms with Crippen LogP contribution in [0.4, 0.5) is 13.6 Å². The minimum atomic E-state index is -0.715. The molecule has 3 aromatic rings. The molecular weight excluding hydrogens is 362 g/mol. The van der Waals surface area contributed by atoms with Crippen molar-refractivity contribution in [3.63, 3.8) is 0 Å². The fourth-order valence-corrected chi connectivity index (χ4v) is 3.57. The quantitative estimate of drug-likeness (QED) is 0.735. The summed E-state index contributed by atoms with van der Waals surface area (Å²) in [7, 11) is 1.72. The molecule has 1 unspecified atom stereocenters. The van der Waals surface area contributed by atoms with Crippen molar-refractivity contribution in [1.29, 1.82) is 0 Å². The van der Waals surface area contributed by atoms with Crippen molar-refractivity contribution < 1.29 is 18.3 Å². The summed E-state index contributed by atoms with van der Waals surface area (Å²) in [4.78, 5) is 14.2. The summed E-state index contributed by atoms with van der Waals surface area (Å²) < 4.78 is 32.6. The van der Waals surface area contributed by atoms with Crippen molar-refractivity contribution in [2.75, 3.05) is 13.7 Å². The second-order valence-electron chi connectivity index (χ2n) is 7.03. The van der Waals surface area contributed by atoms with E-state index < -0.39 is 11.6 Å². The minimum Gasteiger partial charge on any atom is -0.488 e. The Bertz CT molecular complexity index is 1030. The molecule has 1 heterocycles. The van der Waals surface area contributed by atoms with Crippen LogP contribution in [0.3, 0.4) is 0 Å². The Morgan fingerprint density at radius 1 is 1.18 bits per heavy atom. The van der Waals surface area contributed by atoms with Crippen LogP contribution in [0, 0.1) is 11.6 Å². The fourth-order valence-electron chi connectivity index (χ4n) is 3.57. The number of urea groups is 1. The van der Waals surface area contributed by atoms with Crippen LogP contribution < -0.4 is 10.1 Å². The minimum absolute atomic E-state index is 0.0657. The summed E-state index contributed by atoms with van der Waals surface area (Å²) in [6.07, 6.45) is 0.317. The van der Waals surface area contributed by atoms with Gasteiger partial charge in [-0.3, -0.25) is 0 Å². The predicted octanol–water partition coefficient (Wildman–Crippen LogP) is 4.26. The van der Waals surface area contributed by atoms with Gasteiger partial charge in [0.25, 0.3) is 0 Å². The molecule has 6 heteroatoms. The topological polar surface area (TPSA) is 41.6 Å². The van der Waals surface area contributed by atoms with Gasteiger partial charge in [-0.2, -0.15) is 0 Å². The van der Waals surface area contributed by atoms with E-state index in [-0.39, 0.29) is 24.4 Å². The van der Waals surface area contributed by atoms with Gasteiger partial charge in [0.2, 0.25) is 0 Å². The third-order valence-corrected chi connectivity index (χ3v) is 4.94. The summed E-state index contributed by atoms with van der Waals surface area (Å²) in [5.74, 6) is -1.30. The first kappa shape index (κ1) is 18.2. The molecule has 1 aliphatic heterocycles. The zero-order chi connectivity index (χ0) is 19.7. The Balaban J connectivity index is 1.43. The number of rotatable bonds is 3. The van der Waals surface area contributed by atoms with E-state index in [1.165, 1.54) is 6.07 Å². The van der Waals surface area contributed by atoms with E-state index in [1.54, 1.807) is 11.9 Å². The highest BCUT2D eigenvalue weighted by atomic mass is 19.1. The van der Waals surface area contributed by atoms with E-state index in [2.05, 4.69) is 5.32 Å². The van der Waals surface area contributed by atoms with Crippen molar-refractivity contribution in [2.24, 2.45) is 0 Å².